The van der Waals surface area contributed by atoms with Gasteiger partial charge in [0.1, 0.15) is 11.6 Å². The van der Waals surface area contributed by atoms with Crippen molar-refractivity contribution in [1.82, 2.24) is 29.9 Å². The van der Waals surface area contributed by atoms with Gasteiger partial charge in [-0.05, 0) is 66.5 Å². The van der Waals surface area contributed by atoms with E-state index in [1.165, 1.54) is 18.2 Å². The molecule has 0 bridgehead atoms. The third-order valence-electron chi connectivity index (χ3n) is 7.32. The van der Waals surface area contributed by atoms with Crippen molar-refractivity contribution in [2.75, 3.05) is 0 Å². The van der Waals surface area contributed by atoms with Crippen LogP contribution in [0.5, 0.6) is 0 Å². The molecular formula is C23H16F2N6. The molecule has 31 heavy (non-hydrogen) atoms. The van der Waals surface area contributed by atoms with E-state index in [1.54, 1.807) is 17.1 Å². The Morgan fingerprint density at radius 3 is 2.68 bits per heavy atom. The van der Waals surface area contributed by atoms with E-state index in [0.717, 1.165) is 29.8 Å². The van der Waals surface area contributed by atoms with Crippen LogP contribution >= 0.6 is 0 Å². The minimum absolute atomic E-state index is 0.120. The van der Waals surface area contributed by atoms with Crippen molar-refractivity contribution in [1.29, 1.82) is 0 Å². The molecule has 6 nitrogen and oxygen atoms in total. The van der Waals surface area contributed by atoms with E-state index in [2.05, 4.69) is 20.3 Å². The number of rotatable bonds is 3. The van der Waals surface area contributed by atoms with Crippen molar-refractivity contribution in [3.63, 3.8) is 0 Å². The van der Waals surface area contributed by atoms with Gasteiger partial charge < -0.3 is 0 Å². The zero-order valence-corrected chi connectivity index (χ0v) is 16.3. The van der Waals surface area contributed by atoms with E-state index in [-0.39, 0.29) is 16.7 Å². The summed E-state index contributed by atoms with van der Waals surface area (Å²) in [5.41, 5.74) is 2.66. The molecule has 3 aliphatic rings. The summed E-state index contributed by atoms with van der Waals surface area (Å²) in [5, 5.41) is 13.1. The van der Waals surface area contributed by atoms with E-state index >= 15 is 0 Å². The zero-order chi connectivity index (χ0) is 20.7. The van der Waals surface area contributed by atoms with Crippen LogP contribution in [-0.2, 0) is 5.41 Å². The highest BCUT2D eigenvalue weighted by Gasteiger charge is 2.71. The molecule has 0 saturated heterocycles. The van der Waals surface area contributed by atoms with Crippen molar-refractivity contribution in [3.8, 4) is 17.2 Å². The molecule has 0 radical (unpaired) electrons. The smallest absolute Gasteiger partial charge is 0.220 e. The van der Waals surface area contributed by atoms with E-state index in [1.807, 2.05) is 24.4 Å². The Morgan fingerprint density at radius 1 is 1.03 bits per heavy atom. The van der Waals surface area contributed by atoms with E-state index in [4.69, 9.17) is 4.98 Å². The maximum absolute atomic E-state index is 14.3. The Balaban J connectivity index is 1.38. The fourth-order valence-electron chi connectivity index (χ4n) is 6.06. The lowest BCUT2D eigenvalue weighted by Crippen LogP contribution is -2.57. The van der Waals surface area contributed by atoms with Crippen LogP contribution in [0, 0.1) is 23.5 Å². The van der Waals surface area contributed by atoms with Crippen LogP contribution in [0.25, 0.3) is 17.2 Å². The van der Waals surface area contributed by atoms with Crippen LogP contribution in [0.15, 0.2) is 55.0 Å². The van der Waals surface area contributed by atoms with Gasteiger partial charge in [0.2, 0.25) is 0 Å². The summed E-state index contributed by atoms with van der Waals surface area (Å²) in [5.74, 6) is 0.602. The Kier molecular flexibility index (Phi) is 3.20. The van der Waals surface area contributed by atoms with Crippen LogP contribution < -0.4 is 0 Å². The normalized spacial score (nSPS) is 27.2. The molecule has 0 spiro atoms. The molecule has 4 atom stereocenters. The minimum atomic E-state index is -0.629. The molecule has 3 heterocycles. The van der Waals surface area contributed by atoms with Gasteiger partial charge in [-0.25, -0.2) is 23.4 Å². The molecule has 4 aromatic rings. The highest BCUT2D eigenvalue weighted by molar-refractivity contribution is 5.64. The summed E-state index contributed by atoms with van der Waals surface area (Å²) in [6.45, 7) is 0. The number of hydrogen-bond acceptors (Lipinski definition) is 5. The predicted molar refractivity (Wildman–Crippen MR) is 106 cm³/mol. The summed E-state index contributed by atoms with van der Waals surface area (Å²) in [6, 6.07) is 9.45. The fraction of sp³-hybridized carbons (Fsp3) is 0.261. The van der Waals surface area contributed by atoms with Crippen molar-refractivity contribution in [3.05, 3.63) is 83.6 Å². The third kappa shape index (κ3) is 2.07. The average molecular weight is 414 g/mol. The lowest BCUT2D eigenvalue weighted by molar-refractivity contribution is -0.0398. The van der Waals surface area contributed by atoms with Crippen molar-refractivity contribution in [2.45, 2.75) is 24.2 Å². The molecule has 3 aromatic heterocycles. The highest BCUT2D eigenvalue weighted by Crippen LogP contribution is 2.75. The van der Waals surface area contributed by atoms with Gasteiger partial charge in [-0.3, -0.25) is 0 Å². The Bertz CT molecular complexity index is 1330. The van der Waals surface area contributed by atoms with E-state index < -0.39 is 11.6 Å². The topological polar surface area (TPSA) is 69.4 Å². The highest BCUT2D eigenvalue weighted by atomic mass is 19.1. The predicted octanol–water partition coefficient (Wildman–Crippen LogP) is 3.82. The van der Waals surface area contributed by atoms with Gasteiger partial charge in [0, 0.05) is 18.6 Å². The van der Waals surface area contributed by atoms with Crippen LogP contribution in [0.3, 0.4) is 0 Å². The zero-order valence-electron chi connectivity index (χ0n) is 16.3. The van der Waals surface area contributed by atoms with Gasteiger partial charge in [-0.15, -0.1) is 5.10 Å². The molecule has 0 N–H and O–H groups in total. The molecule has 2 unspecified atom stereocenters. The molecule has 7 rings (SSSR count). The lowest BCUT2D eigenvalue weighted by Gasteiger charge is -2.60. The number of nitrogens with zero attached hydrogens (tertiary/aromatic N) is 6. The van der Waals surface area contributed by atoms with Crippen molar-refractivity contribution >= 4 is 0 Å². The Labute approximate surface area is 176 Å². The second-order valence-electron chi connectivity index (χ2n) is 8.63. The molecule has 0 aliphatic heterocycles. The lowest BCUT2D eigenvalue weighted by atomic mass is 9.43. The summed E-state index contributed by atoms with van der Waals surface area (Å²) >= 11 is 0. The Hall–Kier alpha value is -3.55. The molecule has 1 aromatic carbocycles. The first kappa shape index (κ1) is 17.2. The van der Waals surface area contributed by atoms with Crippen LogP contribution in [-0.4, -0.2) is 29.9 Å². The summed E-state index contributed by atoms with van der Waals surface area (Å²) in [7, 11) is 0. The van der Waals surface area contributed by atoms with Crippen LogP contribution in [0.1, 0.15) is 35.7 Å². The molecule has 8 heteroatoms. The van der Waals surface area contributed by atoms with Gasteiger partial charge in [-0.2, -0.15) is 10.2 Å². The fourth-order valence-corrected chi connectivity index (χ4v) is 6.06. The molecule has 3 aliphatic carbocycles. The largest absolute Gasteiger partial charge is 0.250 e. The second-order valence-corrected chi connectivity index (χ2v) is 8.63. The van der Waals surface area contributed by atoms with Gasteiger partial charge in [0.25, 0.3) is 5.95 Å². The number of aromatic nitrogens is 6. The Morgan fingerprint density at radius 2 is 1.90 bits per heavy atom. The van der Waals surface area contributed by atoms with Crippen LogP contribution in [0.4, 0.5) is 8.78 Å². The number of benzene rings is 1. The van der Waals surface area contributed by atoms with Crippen molar-refractivity contribution < 1.29 is 8.78 Å². The first-order chi connectivity index (χ1) is 15.2. The maximum Gasteiger partial charge on any atom is 0.250 e. The number of fused-ring (bicyclic) bond motifs is 3. The molecule has 2 fully saturated rings. The van der Waals surface area contributed by atoms with Gasteiger partial charge in [-0.1, -0.05) is 6.07 Å². The first-order valence-electron chi connectivity index (χ1n) is 10.3. The first-order valence-corrected chi connectivity index (χ1v) is 10.3. The number of hydrogen-bond donors (Lipinski definition) is 0. The van der Waals surface area contributed by atoms with Crippen LogP contribution in [0.2, 0.25) is 0 Å². The molecular weight excluding hydrogens is 398 g/mol. The van der Waals surface area contributed by atoms with Gasteiger partial charge in [0.15, 0.2) is 0 Å². The van der Waals surface area contributed by atoms with E-state index in [9.17, 15) is 8.78 Å². The maximum atomic E-state index is 14.3. The standard InChI is InChI=1S/C23H16F2N6/c24-15-3-1-4-16(25)19(15)17-10-14-13-9-12-11-23(20(12)13,21(14)30-29-17)18-5-7-26-22(28-18)31-8-2-6-27-31/h1-8,10,12-13,20H,9,11H2/t12?,13-,20?,23+/m0/s1. The van der Waals surface area contributed by atoms with Gasteiger partial charge >= 0.3 is 0 Å². The minimum Gasteiger partial charge on any atom is -0.220 e. The monoisotopic (exact) mass is 414 g/mol. The third-order valence-corrected chi connectivity index (χ3v) is 7.32. The summed E-state index contributed by atoms with van der Waals surface area (Å²) in [4.78, 5) is 9.20. The quantitative estimate of drug-likeness (QED) is 0.510. The number of halogens is 2. The molecule has 0 amide bonds. The SMILES string of the molecule is Fc1cccc(F)c1-c1cc2c(nn1)[C@@]1(c3ccnc(-n4cccn4)n3)CC3C[C@@H]2C31. The summed E-state index contributed by atoms with van der Waals surface area (Å²) in [6.07, 6.45) is 7.28. The summed E-state index contributed by atoms with van der Waals surface area (Å²) < 4.78 is 30.3. The van der Waals surface area contributed by atoms with E-state index in [0.29, 0.717) is 23.7 Å². The second kappa shape index (κ2) is 5.78. The van der Waals surface area contributed by atoms with Crippen molar-refractivity contribution in [2.24, 2.45) is 11.8 Å². The van der Waals surface area contributed by atoms with Gasteiger partial charge in [0.05, 0.1) is 28.1 Å². The molecule has 152 valence electrons. The average Bonchev–Trinajstić information content (AvgIpc) is 3.30. The molecule has 2 saturated carbocycles.